The highest BCUT2D eigenvalue weighted by molar-refractivity contribution is 6.31. The summed E-state index contributed by atoms with van der Waals surface area (Å²) in [6, 6.07) is 10.0. The third kappa shape index (κ3) is 3.21. The number of rotatable bonds is 3. The van der Waals surface area contributed by atoms with Crippen molar-refractivity contribution in [3.8, 4) is 6.07 Å². The second-order valence-corrected chi connectivity index (χ2v) is 4.30. The molecule has 0 saturated carbocycles. The zero-order valence-electron chi connectivity index (χ0n) is 9.75. The monoisotopic (exact) mass is 278 g/mol. The molecule has 5 heteroatoms. The molecule has 0 aliphatic heterocycles. The highest BCUT2D eigenvalue weighted by Gasteiger charge is 2.05. The Kier molecular flexibility index (Phi) is 3.98. The van der Waals surface area contributed by atoms with Crippen molar-refractivity contribution < 1.29 is 8.78 Å². The maximum Gasteiger partial charge on any atom is 0.147 e. The Bertz CT molecular complexity index is 650. The first-order chi connectivity index (χ1) is 9.10. The number of nitriles is 1. The molecule has 2 nitrogen and oxygen atoms in total. The van der Waals surface area contributed by atoms with Crippen LogP contribution in [0.2, 0.25) is 5.02 Å². The topological polar surface area (TPSA) is 35.8 Å². The van der Waals surface area contributed by atoms with Gasteiger partial charge in [-0.1, -0.05) is 17.7 Å². The number of anilines is 1. The minimum Gasteiger partial charge on any atom is -0.379 e. The number of nitrogens with zero attached hydrogens (tertiary/aromatic N) is 1. The van der Waals surface area contributed by atoms with Gasteiger partial charge in [-0.3, -0.25) is 0 Å². The molecule has 0 heterocycles. The second kappa shape index (κ2) is 5.68. The van der Waals surface area contributed by atoms with Crippen molar-refractivity contribution >= 4 is 17.3 Å². The van der Waals surface area contributed by atoms with Crippen LogP contribution in [0.15, 0.2) is 36.4 Å². The Balaban J connectivity index is 2.13. The van der Waals surface area contributed by atoms with E-state index in [0.717, 1.165) is 6.07 Å². The first-order valence-corrected chi connectivity index (χ1v) is 5.85. The highest BCUT2D eigenvalue weighted by atomic mass is 35.5. The van der Waals surface area contributed by atoms with Crippen molar-refractivity contribution in [1.29, 1.82) is 5.26 Å². The van der Waals surface area contributed by atoms with Gasteiger partial charge in [0.05, 0.1) is 17.3 Å². The first-order valence-electron chi connectivity index (χ1n) is 5.47. The summed E-state index contributed by atoms with van der Waals surface area (Å²) in [5.41, 5.74) is 1.18. The van der Waals surface area contributed by atoms with Crippen LogP contribution in [0.3, 0.4) is 0 Å². The van der Waals surface area contributed by atoms with E-state index in [1.165, 1.54) is 30.3 Å². The van der Waals surface area contributed by atoms with Crippen LogP contribution >= 0.6 is 11.6 Å². The number of hydrogen-bond donors (Lipinski definition) is 1. The minimum absolute atomic E-state index is 0.253. The molecule has 0 saturated heterocycles. The third-order valence-electron chi connectivity index (χ3n) is 2.58. The van der Waals surface area contributed by atoms with E-state index in [1.807, 2.05) is 6.07 Å². The van der Waals surface area contributed by atoms with Crippen LogP contribution in [0.5, 0.6) is 0 Å². The van der Waals surface area contributed by atoms with Crippen molar-refractivity contribution in [2.75, 3.05) is 5.32 Å². The van der Waals surface area contributed by atoms with Crippen molar-refractivity contribution in [2.45, 2.75) is 6.54 Å². The van der Waals surface area contributed by atoms with Gasteiger partial charge >= 0.3 is 0 Å². The summed E-state index contributed by atoms with van der Waals surface area (Å²) < 4.78 is 26.5. The Hall–Kier alpha value is -2.12. The highest BCUT2D eigenvalue weighted by Crippen LogP contribution is 2.20. The lowest BCUT2D eigenvalue weighted by atomic mass is 10.2. The largest absolute Gasteiger partial charge is 0.379 e. The predicted molar refractivity (Wildman–Crippen MR) is 69.9 cm³/mol. The fraction of sp³-hybridized carbons (Fsp3) is 0.0714. The van der Waals surface area contributed by atoms with Crippen LogP contribution in [-0.4, -0.2) is 0 Å². The van der Waals surface area contributed by atoms with Crippen LogP contribution in [0, 0.1) is 23.0 Å². The van der Waals surface area contributed by atoms with Gasteiger partial charge in [-0.2, -0.15) is 5.26 Å². The normalized spacial score (nSPS) is 10.0. The van der Waals surface area contributed by atoms with E-state index in [2.05, 4.69) is 5.32 Å². The lowest BCUT2D eigenvalue weighted by molar-refractivity contribution is 0.626. The predicted octanol–water partition coefficient (Wildman–Crippen LogP) is 4.10. The molecule has 2 aromatic rings. The maximum atomic E-state index is 13.6. The Morgan fingerprint density at radius 1 is 1.16 bits per heavy atom. The zero-order valence-corrected chi connectivity index (χ0v) is 10.5. The van der Waals surface area contributed by atoms with E-state index in [-0.39, 0.29) is 22.8 Å². The van der Waals surface area contributed by atoms with Gasteiger partial charge < -0.3 is 5.32 Å². The Morgan fingerprint density at radius 3 is 2.58 bits per heavy atom. The van der Waals surface area contributed by atoms with Crippen LogP contribution in [0.4, 0.5) is 14.5 Å². The summed E-state index contributed by atoms with van der Waals surface area (Å²) in [5, 5.41) is 11.8. The Morgan fingerprint density at radius 2 is 1.95 bits per heavy atom. The quantitative estimate of drug-likeness (QED) is 0.917. The minimum atomic E-state index is -0.516. The summed E-state index contributed by atoms with van der Waals surface area (Å²) in [7, 11) is 0. The fourth-order valence-electron chi connectivity index (χ4n) is 1.58. The molecule has 0 spiro atoms. The Labute approximate surface area is 114 Å². The zero-order chi connectivity index (χ0) is 13.8. The van der Waals surface area contributed by atoms with Crippen LogP contribution in [-0.2, 0) is 6.54 Å². The van der Waals surface area contributed by atoms with E-state index in [9.17, 15) is 8.78 Å². The van der Waals surface area contributed by atoms with Gasteiger partial charge in [0.15, 0.2) is 0 Å². The summed E-state index contributed by atoms with van der Waals surface area (Å²) in [6.45, 7) is 0.266. The van der Waals surface area contributed by atoms with Crippen LogP contribution < -0.4 is 5.32 Å². The SMILES string of the molecule is N#Cc1ccc(NCc2ccc(F)cc2Cl)c(F)c1. The molecular weight excluding hydrogens is 270 g/mol. The standard InChI is InChI=1S/C14H9ClF2N2/c15-12-6-11(16)3-2-10(12)8-19-14-4-1-9(7-18)5-13(14)17/h1-6,19H,8H2. The van der Waals surface area contributed by atoms with Crippen LogP contribution in [0.25, 0.3) is 0 Å². The molecule has 0 aromatic heterocycles. The molecule has 96 valence electrons. The van der Waals surface area contributed by atoms with Gasteiger partial charge in [0.1, 0.15) is 11.6 Å². The number of benzene rings is 2. The molecule has 2 rings (SSSR count). The van der Waals surface area contributed by atoms with Crippen molar-refractivity contribution in [3.63, 3.8) is 0 Å². The first kappa shape index (κ1) is 13.3. The summed E-state index contributed by atoms with van der Waals surface area (Å²) in [6.07, 6.45) is 0. The summed E-state index contributed by atoms with van der Waals surface area (Å²) in [5.74, 6) is -0.935. The van der Waals surface area contributed by atoms with Gasteiger partial charge in [-0.15, -0.1) is 0 Å². The fourth-order valence-corrected chi connectivity index (χ4v) is 1.82. The molecule has 0 aliphatic rings. The summed E-state index contributed by atoms with van der Waals surface area (Å²) in [4.78, 5) is 0. The molecule has 2 aromatic carbocycles. The van der Waals surface area contributed by atoms with E-state index in [4.69, 9.17) is 16.9 Å². The molecule has 0 fully saturated rings. The molecule has 0 aliphatic carbocycles. The molecule has 0 unspecified atom stereocenters. The average Bonchev–Trinajstić information content (AvgIpc) is 2.39. The molecule has 0 amide bonds. The van der Waals surface area contributed by atoms with Crippen molar-refractivity contribution in [3.05, 3.63) is 64.2 Å². The number of hydrogen-bond acceptors (Lipinski definition) is 2. The van der Waals surface area contributed by atoms with E-state index < -0.39 is 11.6 Å². The lowest BCUT2D eigenvalue weighted by Crippen LogP contribution is -2.02. The van der Waals surface area contributed by atoms with E-state index in [1.54, 1.807) is 0 Å². The maximum absolute atomic E-state index is 13.6. The molecule has 0 bridgehead atoms. The lowest BCUT2D eigenvalue weighted by Gasteiger charge is -2.09. The van der Waals surface area contributed by atoms with Gasteiger partial charge in [0, 0.05) is 11.6 Å². The molecule has 19 heavy (non-hydrogen) atoms. The van der Waals surface area contributed by atoms with Gasteiger partial charge in [0.25, 0.3) is 0 Å². The second-order valence-electron chi connectivity index (χ2n) is 3.90. The molecule has 0 atom stereocenters. The van der Waals surface area contributed by atoms with Crippen molar-refractivity contribution in [2.24, 2.45) is 0 Å². The van der Waals surface area contributed by atoms with E-state index in [0.29, 0.717) is 5.56 Å². The molecule has 1 N–H and O–H groups in total. The molecular formula is C14H9ClF2N2. The third-order valence-corrected chi connectivity index (χ3v) is 2.93. The van der Waals surface area contributed by atoms with Gasteiger partial charge in [-0.25, -0.2) is 8.78 Å². The smallest absolute Gasteiger partial charge is 0.147 e. The van der Waals surface area contributed by atoms with Gasteiger partial charge in [-0.05, 0) is 35.9 Å². The number of nitrogens with one attached hydrogen (secondary N) is 1. The van der Waals surface area contributed by atoms with Crippen LogP contribution in [0.1, 0.15) is 11.1 Å². The van der Waals surface area contributed by atoms with Gasteiger partial charge in [0.2, 0.25) is 0 Å². The average molecular weight is 279 g/mol. The summed E-state index contributed by atoms with van der Waals surface area (Å²) >= 11 is 5.87. The van der Waals surface area contributed by atoms with Crippen molar-refractivity contribution in [1.82, 2.24) is 0 Å². The number of halogens is 3. The van der Waals surface area contributed by atoms with E-state index >= 15 is 0 Å². The molecule has 0 radical (unpaired) electrons.